The molecule has 4 heteroatoms. The van der Waals surface area contributed by atoms with Crippen LogP contribution in [0.25, 0.3) is 65.3 Å². The molecule has 0 atom stereocenters. The van der Waals surface area contributed by atoms with Gasteiger partial charge in [0.1, 0.15) is 0 Å². The molecule has 8 aromatic rings. The Morgan fingerprint density at radius 1 is 0.479 bits per heavy atom. The number of fused-ring (bicyclic) bond motifs is 4. The molecular weight excluding hydrogens is 675 g/mol. The van der Waals surface area contributed by atoms with Crippen LogP contribution in [0, 0.1) is 0 Å². The van der Waals surface area contributed by atoms with E-state index in [1.54, 1.807) is 0 Å². The molecule has 48 heavy (non-hydrogen) atoms. The summed E-state index contributed by atoms with van der Waals surface area (Å²) >= 11 is -0.556. The van der Waals surface area contributed by atoms with Gasteiger partial charge in [-0.25, -0.2) is 0 Å². The SMILES string of the molecule is CCc1cc2c(-c3cccc4ccccc34)cccc2[cH-]1.CCc1cc2c(-c3cccc4ccccc34)cccc2[cH-]1.C[Si]C.[Cl][Ti][Cl]. The minimum atomic E-state index is -0.556. The van der Waals surface area contributed by atoms with E-state index in [2.05, 4.69) is 173 Å². The average molecular weight is 716 g/mol. The molecule has 0 aromatic heterocycles. The maximum absolute atomic E-state index is 4.89. The Morgan fingerprint density at radius 2 is 0.792 bits per heavy atom. The van der Waals surface area contributed by atoms with Gasteiger partial charge in [-0.3, -0.25) is 0 Å². The molecule has 0 bridgehead atoms. The zero-order chi connectivity index (χ0) is 33.9. The van der Waals surface area contributed by atoms with E-state index in [-0.39, 0.29) is 0 Å². The van der Waals surface area contributed by atoms with Gasteiger partial charge < -0.3 is 0 Å². The molecule has 0 saturated carbocycles. The summed E-state index contributed by atoms with van der Waals surface area (Å²) in [6, 6.07) is 52.9. The van der Waals surface area contributed by atoms with Gasteiger partial charge in [0.05, 0.1) is 0 Å². The van der Waals surface area contributed by atoms with Gasteiger partial charge in [-0.1, -0.05) is 135 Å². The summed E-state index contributed by atoms with van der Waals surface area (Å²) in [5, 5.41) is 10.7. The average Bonchev–Trinajstić information content (AvgIpc) is 3.76. The number of halogens is 2. The molecule has 0 saturated heterocycles. The van der Waals surface area contributed by atoms with Gasteiger partial charge in [0, 0.05) is 9.52 Å². The third-order valence-corrected chi connectivity index (χ3v) is 8.60. The van der Waals surface area contributed by atoms with Crippen LogP contribution >= 0.6 is 18.6 Å². The Labute approximate surface area is 305 Å². The predicted molar refractivity (Wildman–Crippen MR) is 213 cm³/mol. The Balaban J connectivity index is 0.000000162. The summed E-state index contributed by atoms with van der Waals surface area (Å²) in [4.78, 5) is 0. The Bertz CT molecular complexity index is 2060. The molecule has 2 radical (unpaired) electrons. The van der Waals surface area contributed by atoms with E-state index in [0.717, 1.165) is 22.4 Å². The predicted octanol–water partition coefficient (Wildman–Crippen LogP) is 14.0. The van der Waals surface area contributed by atoms with Gasteiger partial charge in [-0.05, 0) is 45.5 Å². The van der Waals surface area contributed by atoms with E-state index < -0.39 is 17.0 Å². The molecule has 0 amide bonds. The zero-order valence-corrected chi connectivity index (χ0v) is 32.1. The fourth-order valence-corrected chi connectivity index (χ4v) is 6.39. The number of rotatable bonds is 4. The summed E-state index contributed by atoms with van der Waals surface area (Å²) < 4.78 is 0. The van der Waals surface area contributed by atoms with Gasteiger partial charge in [0.15, 0.2) is 0 Å². The summed E-state index contributed by atoms with van der Waals surface area (Å²) in [7, 11) is 10.9. The van der Waals surface area contributed by atoms with E-state index in [1.807, 2.05) is 0 Å². The minimum absolute atomic E-state index is 0.556. The first-order valence-corrected chi connectivity index (χ1v) is 22.7. The monoisotopic (exact) mass is 714 g/mol. The molecule has 0 heterocycles. The van der Waals surface area contributed by atoms with Gasteiger partial charge in [0.2, 0.25) is 0 Å². The quantitative estimate of drug-likeness (QED) is 0.126. The first-order valence-electron chi connectivity index (χ1n) is 16.4. The standard InChI is InChI=1S/2C21H17.C2H6Si.2ClH.Ti/c2*1-2-15-13-17-9-6-12-20(21(17)14-15)19-11-5-8-16-7-3-4-10-18(16)19;1-3-2;;;/h2*3-14H,2H2,1H3;1-2H3;2*1H;/q2*-1;;;;+2/p-2. The number of aryl methyl sites for hydroxylation is 2. The molecule has 0 aliphatic rings. The van der Waals surface area contributed by atoms with Crippen LogP contribution in [0.1, 0.15) is 25.0 Å². The second-order valence-corrected chi connectivity index (χ2v) is 15.3. The van der Waals surface area contributed by atoms with Gasteiger partial charge in [-0.2, -0.15) is 12.1 Å². The van der Waals surface area contributed by atoms with Crippen LogP contribution in [0.4, 0.5) is 0 Å². The molecule has 8 rings (SSSR count). The second kappa shape index (κ2) is 17.8. The van der Waals surface area contributed by atoms with Crippen LogP contribution < -0.4 is 0 Å². The fraction of sp³-hybridized carbons (Fsp3) is 0.136. The molecule has 0 aliphatic heterocycles. The first kappa shape index (κ1) is 35.9. The van der Waals surface area contributed by atoms with Gasteiger partial charge in [-0.15, -0.1) is 69.1 Å². The van der Waals surface area contributed by atoms with Crippen LogP contribution in [0.2, 0.25) is 13.1 Å². The molecule has 240 valence electrons. The first-order chi connectivity index (χ1) is 23.6. The van der Waals surface area contributed by atoms with Crippen molar-refractivity contribution >= 4 is 71.2 Å². The topological polar surface area (TPSA) is 0 Å². The van der Waals surface area contributed by atoms with E-state index in [9.17, 15) is 0 Å². The summed E-state index contributed by atoms with van der Waals surface area (Å²) in [6.07, 6.45) is 2.17. The van der Waals surface area contributed by atoms with Crippen molar-refractivity contribution in [1.29, 1.82) is 0 Å². The summed E-state index contributed by atoms with van der Waals surface area (Å²) in [6.45, 7) is 8.73. The van der Waals surface area contributed by atoms with Crippen molar-refractivity contribution < 1.29 is 17.0 Å². The second-order valence-electron chi connectivity index (χ2n) is 11.7. The zero-order valence-electron chi connectivity index (χ0n) is 28.0. The Kier molecular flexibility index (Phi) is 13.3. The molecule has 0 unspecified atom stereocenters. The van der Waals surface area contributed by atoms with Crippen LogP contribution in [-0.4, -0.2) is 9.52 Å². The van der Waals surface area contributed by atoms with Crippen LogP contribution in [0.15, 0.2) is 146 Å². The van der Waals surface area contributed by atoms with Gasteiger partial charge in [0.25, 0.3) is 0 Å². The normalized spacial score (nSPS) is 10.5. The van der Waals surface area contributed by atoms with E-state index in [0.29, 0.717) is 0 Å². The molecular formula is C44H40Cl2SiTi-2. The van der Waals surface area contributed by atoms with Crippen LogP contribution in [-0.2, 0) is 29.9 Å². The molecule has 8 aromatic carbocycles. The number of hydrogen-bond donors (Lipinski definition) is 0. The molecule has 0 nitrogen and oxygen atoms in total. The van der Waals surface area contributed by atoms with Crippen molar-refractivity contribution in [3.05, 3.63) is 157 Å². The summed E-state index contributed by atoms with van der Waals surface area (Å²) in [5.41, 5.74) is 8.15. The Morgan fingerprint density at radius 3 is 1.17 bits per heavy atom. The fourth-order valence-electron chi connectivity index (χ4n) is 6.39. The van der Waals surface area contributed by atoms with Crippen LogP contribution in [0.3, 0.4) is 0 Å². The molecule has 0 N–H and O–H groups in total. The van der Waals surface area contributed by atoms with Crippen molar-refractivity contribution in [2.75, 3.05) is 0 Å². The Hall–Kier alpha value is -3.43. The molecule has 0 aliphatic carbocycles. The van der Waals surface area contributed by atoms with Gasteiger partial charge >= 0.3 is 35.6 Å². The molecule has 0 spiro atoms. The summed E-state index contributed by atoms with van der Waals surface area (Å²) in [5.74, 6) is 0. The van der Waals surface area contributed by atoms with E-state index in [1.165, 1.54) is 76.5 Å². The number of benzene rings is 6. The van der Waals surface area contributed by atoms with Crippen molar-refractivity contribution in [3.63, 3.8) is 0 Å². The molecule has 0 fully saturated rings. The third kappa shape index (κ3) is 8.23. The van der Waals surface area contributed by atoms with Crippen LogP contribution in [0.5, 0.6) is 0 Å². The van der Waals surface area contributed by atoms with Crippen molar-refractivity contribution in [2.45, 2.75) is 39.8 Å². The van der Waals surface area contributed by atoms with Crippen molar-refractivity contribution in [2.24, 2.45) is 0 Å². The maximum atomic E-state index is 4.89. The van der Waals surface area contributed by atoms with E-state index >= 15 is 0 Å². The van der Waals surface area contributed by atoms with Crippen molar-refractivity contribution in [1.82, 2.24) is 0 Å². The third-order valence-electron chi connectivity index (χ3n) is 8.60. The number of hydrogen-bond acceptors (Lipinski definition) is 0. The van der Waals surface area contributed by atoms with E-state index in [4.69, 9.17) is 18.6 Å². The van der Waals surface area contributed by atoms with Crippen molar-refractivity contribution in [3.8, 4) is 22.3 Å².